The monoisotopic (exact) mass is 219 g/mol. The molecule has 0 rings (SSSR count). The molecule has 0 saturated carbocycles. The van der Waals surface area contributed by atoms with Gasteiger partial charge in [0.15, 0.2) is 5.92 Å². The van der Waals surface area contributed by atoms with Crippen LogP contribution in [-0.4, -0.2) is 35.2 Å². The lowest BCUT2D eigenvalue weighted by Gasteiger charge is -2.02. The minimum Gasteiger partial charge on any atom is -0.481 e. The molecule has 0 spiro atoms. The smallest absolute Gasteiger partial charge is 0.317 e. The molecule has 3 N–H and O–H groups in total. The Morgan fingerprint density at radius 2 is 1.47 bits per heavy atom. The van der Waals surface area contributed by atoms with Crippen molar-refractivity contribution in [2.24, 2.45) is 5.92 Å². The maximum atomic E-state index is 10.2. The lowest BCUT2D eigenvalue weighted by molar-refractivity contribution is -0.154. The molecule has 90 valence electrons. The molecule has 0 radical (unpaired) electrons. The Hall–Kier alpha value is -1.10. The van der Waals surface area contributed by atoms with Gasteiger partial charge >= 0.3 is 11.9 Å². The zero-order chi connectivity index (χ0) is 12.3. The Kier molecular flexibility index (Phi) is 12.0. The summed E-state index contributed by atoms with van der Waals surface area (Å²) < 4.78 is 0. The van der Waals surface area contributed by atoms with Crippen molar-refractivity contribution in [3.63, 3.8) is 0 Å². The first-order valence-corrected chi connectivity index (χ1v) is 5.17. The predicted molar refractivity (Wildman–Crippen MR) is 57.9 cm³/mol. The molecule has 0 atom stereocenters. The van der Waals surface area contributed by atoms with Crippen molar-refractivity contribution in [3.8, 4) is 0 Å². The van der Waals surface area contributed by atoms with Gasteiger partial charge in [0, 0.05) is 0 Å². The van der Waals surface area contributed by atoms with E-state index in [1.807, 2.05) is 0 Å². The first kappa shape index (κ1) is 16.3. The summed E-state index contributed by atoms with van der Waals surface area (Å²) in [4.78, 5) is 20.3. The number of rotatable bonds is 6. The number of carboxylic acids is 2. The minimum atomic E-state index is -1.26. The number of hydrogen-bond donors (Lipinski definition) is 3. The third-order valence-corrected chi connectivity index (χ3v) is 1.67. The molecule has 0 aromatic rings. The van der Waals surface area contributed by atoms with Gasteiger partial charge in [-0.3, -0.25) is 9.59 Å². The van der Waals surface area contributed by atoms with E-state index >= 15 is 0 Å². The third-order valence-electron chi connectivity index (χ3n) is 1.67. The highest BCUT2D eigenvalue weighted by Gasteiger charge is 2.23. The number of aliphatic carboxylic acids is 2. The van der Waals surface area contributed by atoms with Gasteiger partial charge in [0.1, 0.15) is 0 Å². The standard InChI is InChI=1S/C6H10O4.C4H11N/c1-2-3-4(5(7)8)6(9)10;1-3-5-4-2/h4H,2-3H2,1H3,(H,7,8)(H,9,10);5H,3-4H2,1-2H3. The van der Waals surface area contributed by atoms with E-state index in [1.165, 1.54) is 0 Å². The average Bonchev–Trinajstić information content (AvgIpc) is 2.15. The average molecular weight is 219 g/mol. The van der Waals surface area contributed by atoms with Gasteiger partial charge in [-0.25, -0.2) is 0 Å². The molecule has 0 aliphatic carbocycles. The summed E-state index contributed by atoms with van der Waals surface area (Å²) in [6, 6.07) is 0. The molecule has 5 nitrogen and oxygen atoms in total. The van der Waals surface area contributed by atoms with Crippen molar-refractivity contribution in [3.05, 3.63) is 0 Å². The summed E-state index contributed by atoms with van der Waals surface area (Å²) in [7, 11) is 0. The summed E-state index contributed by atoms with van der Waals surface area (Å²) in [5.41, 5.74) is 0. The topological polar surface area (TPSA) is 86.6 Å². The van der Waals surface area contributed by atoms with Crippen molar-refractivity contribution < 1.29 is 19.8 Å². The largest absolute Gasteiger partial charge is 0.481 e. The second-order valence-corrected chi connectivity index (χ2v) is 2.97. The third kappa shape index (κ3) is 10.8. The molecule has 0 unspecified atom stereocenters. The molecule has 15 heavy (non-hydrogen) atoms. The van der Waals surface area contributed by atoms with Gasteiger partial charge in [-0.1, -0.05) is 27.2 Å². The van der Waals surface area contributed by atoms with Crippen LogP contribution in [0.25, 0.3) is 0 Å². The summed E-state index contributed by atoms with van der Waals surface area (Å²) in [5, 5.41) is 19.7. The SMILES string of the molecule is CCCC(C(=O)O)C(=O)O.CCNCC. The first-order chi connectivity index (χ1) is 7.01. The Morgan fingerprint density at radius 1 is 1.07 bits per heavy atom. The van der Waals surface area contributed by atoms with Crippen LogP contribution in [0, 0.1) is 5.92 Å². The lowest BCUT2D eigenvalue weighted by atomic mass is 10.1. The number of hydrogen-bond acceptors (Lipinski definition) is 3. The van der Waals surface area contributed by atoms with E-state index in [0.29, 0.717) is 6.42 Å². The molecule has 0 aliphatic rings. The zero-order valence-corrected chi connectivity index (χ0v) is 9.62. The normalized spacial score (nSPS) is 9.33. The fourth-order valence-corrected chi connectivity index (χ4v) is 0.891. The lowest BCUT2D eigenvalue weighted by Crippen LogP contribution is -2.22. The number of carboxylic acid groups (broad SMARTS) is 2. The van der Waals surface area contributed by atoms with E-state index in [9.17, 15) is 9.59 Å². The Labute approximate surface area is 90.5 Å². The van der Waals surface area contributed by atoms with Crippen molar-refractivity contribution in [2.75, 3.05) is 13.1 Å². The molecule has 0 saturated heterocycles. The Morgan fingerprint density at radius 3 is 1.53 bits per heavy atom. The van der Waals surface area contributed by atoms with Gasteiger partial charge in [0.05, 0.1) is 0 Å². The zero-order valence-electron chi connectivity index (χ0n) is 9.62. The second-order valence-electron chi connectivity index (χ2n) is 2.97. The Balaban J connectivity index is 0. The van der Waals surface area contributed by atoms with Crippen LogP contribution >= 0.6 is 0 Å². The highest BCUT2D eigenvalue weighted by atomic mass is 16.4. The van der Waals surface area contributed by atoms with Gasteiger partial charge in [-0.15, -0.1) is 0 Å². The molecule has 0 aromatic heterocycles. The van der Waals surface area contributed by atoms with E-state index < -0.39 is 17.9 Å². The van der Waals surface area contributed by atoms with Gasteiger partial charge in [-0.05, 0) is 19.5 Å². The molecular formula is C10H21NO4. The number of carbonyl (C=O) groups is 2. The minimum absolute atomic E-state index is 0.199. The van der Waals surface area contributed by atoms with Crippen molar-refractivity contribution in [1.29, 1.82) is 0 Å². The van der Waals surface area contributed by atoms with Crippen LogP contribution in [0.3, 0.4) is 0 Å². The van der Waals surface area contributed by atoms with Gasteiger partial charge in [0.25, 0.3) is 0 Å². The maximum absolute atomic E-state index is 10.2. The van der Waals surface area contributed by atoms with Gasteiger partial charge < -0.3 is 15.5 Å². The highest BCUT2D eigenvalue weighted by molar-refractivity contribution is 5.92. The maximum Gasteiger partial charge on any atom is 0.317 e. The molecule has 5 heteroatoms. The molecule has 0 fully saturated rings. The van der Waals surface area contributed by atoms with Crippen LogP contribution in [0.1, 0.15) is 33.6 Å². The molecule has 0 heterocycles. The molecule has 0 aromatic carbocycles. The fraction of sp³-hybridized carbons (Fsp3) is 0.800. The van der Waals surface area contributed by atoms with Gasteiger partial charge in [0.2, 0.25) is 0 Å². The Bertz CT molecular complexity index is 166. The van der Waals surface area contributed by atoms with Crippen molar-refractivity contribution in [1.82, 2.24) is 5.32 Å². The van der Waals surface area contributed by atoms with E-state index in [2.05, 4.69) is 19.2 Å². The van der Waals surface area contributed by atoms with Crippen LogP contribution in [0.5, 0.6) is 0 Å². The summed E-state index contributed by atoms with van der Waals surface area (Å²) in [6.45, 7) is 8.14. The van der Waals surface area contributed by atoms with Crippen molar-refractivity contribution >= 4 is 11.9 Å². The van der Waals surface area contributed by atoms with Crippen molar-refractivity contribution in [2.45, 2.75) is 33.6 Å². The van der Waals surface area contributed by atoms with E-state index in [-0.39, 0.29) is 6.42 Å². The second kappa shape index (κ2) is 11.0. The molecule has 0 amide bonds. The molecule has 0 aliphatic heterocycles. The van der Waals surface area contributed by atoms with Crippen LogP contribution in [0.15, 0.2) is 0 Å². The summed E-state index contributed by atoms with van der Waals surface area (Å²) in [5.74, 6) is -3.74. The van der Waals surface area contributed by atoms with E-state index in [1.54, 1.807) is 6.92 Å². The van der Waals surface area contributed by atoms with E-state index in [4.69, 9.17) is 10.2 Å². The highest BCUT2D eigenvalue weighted by Crippen LogP contribution is 2.05. The number of nitrogens with one attached hydrogen (secondary N) is 1. The summed E-state index contributed by atoms with van der Waals surface area (Å²) in [6.07, 6.45) is 0.772. The van der Waals surface area contributed by atoms with Crippen LogP contribution in [0.4, 0.5) is 0 Å². The van der Waals surface area contributed by atoms with Crippen LogP contribution in [0.2, 0.25) is 0 Å². The molecule has 0 bridgehead atoms. The fourth-order valence-electron chi connectivity index (χ4n) is 0.891. The molecular weight excluding hydrogens is 198 g/mol. The first-order valence-electron chi connectivity index (χ1n) is 5.17. The van der Waals surface area contributed by atoms with Crippen LogP contribution < -0.4 is 5.32 Å². The van der Waals surface area contributed by atoms with Crippen LogP contribution in [-0.2, 0) is 9.59 Å². The van der Waals surface area contributed by atoms with Gasteiger partial charge in [-0.2, -0.15) is 0 Å². The quantitative estimate of drug-likeness (QED) is 0.584. The predicted octanol–water partition coefficient (Wildman–Crippen LogP) is 1.19. The van der Waals surface area contributed by atoms with E-state index in [0.717, 1.165) is 13.1 Å². The summed E-state index contributed by atoms with van der Waals surface area (Å²) >= 11 is 0.